The summed E-state index contributed by atoms with van der Waals surface area (Å²) in [5, 5.41) is 8.79. The fourth-order valence-corrected chi connectivity index (χ4v) is 3.51. The molecule has 0 rings (SSSR count). The van der Waals surface area contributed by atoms with Gasteiger partial charge in [-0.2, -0.15) is 0 Å². The molecule has 0 aliphatic heterocycles. The summed E-state index contributed by atoms with van der Waals surface area (Å²) < 4.78 is 21.2. The number of nitrogens with zero attached hydrogens (tertiary/aromatic N) is 1. The molecule has 30 heavy (non-hydrogen) atoms. The first-order chi connectivity index (χ1) is 14.3. The highest BCUT2D eigenvalue weighted by Gasteiger charge is 2.20. The lowest BCUT2D eigenvalue weighted by atomic mass is 10.1. The van der Waals surface area contributed by atoms with Crippen LogP contribution in [0.3, 0.4) is 0 Å². The Hall–Kier alpha value is 0.0300. The number of phosphoric acid groups is 1. The third-order valence-electron chi connectivity index (χ3n) is 4.77. The molecule has 0 bridgehead atoms. The van der Waals surface area contributed by atoms with Crippen LogP contribution in [0.4, 0.5) is 0 Å². The third-order valence-corrected chi connectivity index (χ3v) is 5.79. The van der Waals surface area contributed by atoms with Crippen molar-refractivity contribution in [1.29, 1.82) is 0 Å². The summed E-state index contributed by atoms with van der Waals surface area (Å²) in [4.78, 5) is 11.7. The van der Waals surface area contributed by atoms with E-state index in [2.05, 4.69) is 25.7 Å². The summed E-state index contributed by atoms with van der Waals surface area (Å²) >= 11 is 0. The molecule has 0 saturated carbocycles. The van der Waals surface area contributed by atoms with Crippen LogP contribution in [0.15, 0.2) is 0 Å². The van der Waals surface area contributed by atoms with Crippen LogP contribution in [0.25, 0.3) is 0 Å². The van der Waals surface area contributed by atoms with Gasteiger partial charge in [0.2, 0.25) is 0 Å². The standard InChI is InChI=1S/C13H29O4P.C10H23NO/c1-4-5-6-7-8-9-11-16-18(14,15)17-12-10-13(2)3;1-3-5-7-11(9-10-12)8-6-4-2/h13H,4-12H2,1-3H3,(H,14,15);12H,3-10H2,1-2H3. The Labute approximate surface area is 187 Å². The van der Waals surface area contributed by atoms with Crippen LogP contribution in [-0.4, -0.2) is 54.4 Å². The maximum atomic E-state index is 11.4. The van der Waals surface area contributed by atoms with Gasteiger partial charge in [0.05, 0.1) is 19.8 Å². The van der Waals surface area contributed by atoms with Crippen LogP contribution in [0.2, 0.25) is 0 Å². The first-order valence-electron chi connectivity index (χ1n) is 12.3. The maximum Gasteiger partial charge on any atom is 0.472 e. The zero-order valence-corrected chi connectivity index (χ0v) is 21.5. The monoisotopic (exact) mass is 453 g/mol. The molecule has 0 heterocycles. The van der Waals surface area contributed by atoms with E-state index in [9.17, 15) is 9.46 Å². The smallest absolute Gasteiger partial charge is 0.395 e. The number of rotatable bonds is 20. The molecular formula is C23H52NO5P. The number of hydrogen-bond acceptors (Lipinski definition) is 5. The highest BCUT2D eigenvalue weighted by atomic mass is 31.2. The summed E-state index contributed by atoms with van der Waals surface area (Å²) in [7, 11) is -3.81. The molecule has 1 atom stereocenters. The van der Waals surface area contributed by atoms with Gasteiger partial charge in [-0.3, -0.25) is 9.05 Å². The molecule has 0 fully saturated rings. The van der Waals surface area contributed by atoms with Crippen molar-refractivity contribution in [3.63, 3.8) is 0 Å². The van der Waals surface area contributed by atoms with Gasteiger partial charge < -0.3 is 14.9 Å². The third kappa shape index (κ3) is 26.1. The quantitative estimate of drug-likeness (QED) is 0.164. The molecule has 6 nitrogen and oxygen atoms in total. The minimum absolute atomic E-state index is 0.280. The molecule has 0 aromatic carbocycles. The average Bonchev–Trinajstić information content (AvgIpc) is 2.69. The average molecular weight is 454 g/mol. The van der Waals surface area contributed by atoms with Crippen LogP contribution in [0, 0.1) is 5.92 Å². The number of aliphatic hydroxyl groups is 1. The molecule has 0 radical (unpaired) electrons. The van der Waals surface area contributed by atoms with Gasteiger partial charge >= 0.3 is 7.82 Å². The van der Waals surface area contributed by atoms with Crippen molar-refractivity contribution in [3.05, 3.63) is 0 Å². The Kier molecular flexibility index (Phi) is 25.4. The summed E-state index contributed by atoms with van der Waals surface area (Å²) in [6.07, 6.45) is 12.5. The topological polar surface area (TPSA) is 79.2 Å². The lowest BCUT2D eigenvalue weighted by molar-refractivity contribution is 0.142. The van der Waals surface area contributed by atoms with Crippen molar-refractivity contribution in [2.75, 3.05) is 39.5 Å². The Morgan fingerprint density at radius 3 is 1.77 bits per heavy atom. The van der Waals surface area contributed by atoms with Crippen LogP contribution in [-0.2, 0) is 13.6 Å². The van der Waals surface area contributed by atoms with Crippen molar-refractivity contribution in [2.45, 2.75) is 105 Å². The van der Waals surface area contributed by atoms with E-state index in [0.717, 1.165) is 38.9 Å². The van der Waals surface area contributed by atoms with Crippen LogP contribution < -0.4 is 0 Å². The lowest BCUT2D eigenvalue weighted by Crippen LogP contribution is -2.28. The Morgan fingerprint density at radius 2 is 1.27 bits per heavy atom. The number of phosphoric ester groups is 1. The van der Waals surface area contributed by atoms with Gasteiger partial charge in [-0.15, -0.1) is 0 Å². The molecular weight excluding hydrogens is 401 g/mol. The van der Waals surface area contributed by atoms with Gasteiger partial charge in [0.15, 0.2) is 0 Å². The molecule has 0 aromatic rings. The normalized spacial score (nSPS) is 13.4. The predicted molar refractivity (Wildman–Crippen MR) is 128 cm³/mol. The van der Waals surface area contributed by atoms with Crippen LogP contribution in [0.5, 0.6) is 0 Å². The molecule has 184 valence electrons. The van der Waals surface area contributed by atoms with E-state index in [1.165, 1.54) is 51.4 Å². The largest absolute Gasteiger partial charge is 0.472 e. The van der Waals surface area contributed by atoms with Crippen molar-refractivity contribution in [3.8, 4) is 0 Å². The number of hydrogen-bond donors (Lipinski definition) is 2. The highest BCUT2D eigenvalue weighted by molar-refractivity contribution is 7.47. The molecule has 1 unspecified atom stereocenters. The zero-order chi connectivity index (χ0) is 23.1. The van der Waals surface area contributed by atoms with Crippen molar-refractivity contribution in [2.24, 2.45) is 5.92 Å². The molecule has 0 aromatic heterocycles. The molecule has 0 amide bonds. The SMILES string of the molecule is CCCCCCCCOP(=O)(O)OCCC(C)C.CCCCN(CCO)CCCC. The highest BCUT2D eigenvalue weighted by Crippen LogP contribution is 2.43. The molecule has 0 spiro atoms. The minimum atomic E-state index is -3.81. The van der Waals surface area contributed by atoms with Gasteiger partial charge in [0.25, 0.3) is 0 Å². The van der Waals surface area contributed by atoms with E-state index < -0.39 is 7.82 Å². The first-order valence-corrected chi connectivity index (χ1v) is 13.8. The van der Waals surface area contributed by atoms with Gasteiger partial charge in [-0.05, 0) is 44.7 Å². The number of unbranched alkanes of at least 4 members (excludes halogenated alkanes) is 7. The maximum absolute atomic E-state index is 11.4. The van der Waals surface area contributed by atoms with Crippen molar-refractivity contribution < 1.29 is 23.6 Å². The fourth-order valence-electron chi connectivity index (χ4n) is 2.74. The van der Waals surface area contributed by atoms with E-state index in [0.29, 0.717) is 19.1 Å². The second-order valence-electron chi connectivity index (χ2n) is 8.36. The Morgan fingerprint density at radius 1 is 0.767 bits per heavy atom. The van der Waals surface area contributed by atoms with Crippen LogP contribution >= 0.6 is 7.82 Å². The fraction of sp³-hybridized carbons (Fsp3) is 1.00. The van der Waals surface area contributed by atoms with Crippen molar-refractivity contribution >= 4 is 7.82 Å². The number of aliphatic hydroxyl groups excluding tert-OH is 1. The molecule has 7 heteroatoms. The van der Waals surface area contributed by atoms with Crippen LogP contribution in [0.1, 0.15) is 105 Å². The second kappa shape index (κ2) is 23.7. The minimum Gasteiger partial charge on any atom is -0.395 e. The first kappa shape index (κ1) is 32.2. The summed E-state index contributed by atoms with van der Waals surface area (Å²) in [5.41, 5.74) is 0. The van der Waals surface area contributed by atoms with E-state index in [-0.39, 0.29) is 6.61 Å². The van der Waals surface area contributed by atoms with E-state index in [1.54, 1.807) is 0 Å². The molecule has 0 aliphatic rings. The summed E-state index contributed by atoms with van der Waals surface area (Å²) in [6.45, 7) is 14.7. The molecule has 0 aliphatic carbocycles. The van der Waals surface area contributed by atoms with Gasteiger partial charge in [0.1, 0.15) is 0 Å². The van der Waals surface area contributed by atoms with E-state index in [4.69, 9.17) is 14.2 Å². The molecule has 0 saturated heterocycles. The molecule has 2 N–H and O–H groups in total. The second-order valence-corrected chi connectivity index (χ2v) is 9.81. The summed E-state index contributed by atoms with van der Waals surface area (Å²) in [6, 6.07) is 0. The Bertz CT molecular complexity index is 375. The lowest BCUT2D eigenvalue weighted by Gasteiger charge is -2.20. The van der Waals surface area contributed by atoms with Crippen molar-refractivity contribution in [1.82, 2.24) is 4.90 Å². The summed E-state index contributed by atoms with van der Waals surface area (Å²) in [5.74, 6) is 0.462. The van der Waals surface area contributed by atoms with E-state index in [1.807, 2.05) is 13.8 Å². The van der Waals surface area contributed by atoms with Gasteiger partial charge in [0, 0.05) is 6.54 Å². The van der Waals surface area contributed by atoms with E-state index >= 15 is 0 Å². The Balaban J connectivity index is 0. The van der Waals surface area contributed by atoms with Gasteiger partial charge in [-0.1, -0.05) is 79.6 Å². The predicted octanol–water partition coefficient (Wildman–Crippen LogP) is 6.41. The van der Waals surface area contributed by atoms with Gasteiger partial charge in [-0.25, -0.2) is 4.57 Å². The zero-order valence-electron chi connectivity index (χ0n) is 20.6.